The molecule has 1 aliphatic rings. The summed E-state index contributed by atoms with van der Waals surface area (Å²) in [6.45, 7) is 8.62. The van der Waals surface area contributed by atoms with Gasteiger partial charge in [-0.25, -0.2) is 0 Å². The van der Waals surface area contributed by atoms with Crippen LogP contribution >= 0.6 is 11.6 Å². The SMILES string of the molecule is Cc1cc(CNc2ccc(C)c(CN3CCCC3)c2)ccc1Cl. The summed E-state index contributed by atoms with van der Waals surface area (Å²) in [7, 11) is 0. The minimum Gasteiger partial charge on any atom is -0.381 e. The Morgan fingerprint density at radius 2 is 1.78 bits per heavy atom. The van der Waals surface area contributed by atoms with E-state index < -0.39 is 0 Å². The summed E-state index contributed by atoms with van der Waals surface area (Å²) in [6, 6.07) is 12.9. The highest BCUT2D eigenvalue weighted by atomic mass is 35.5. The van der Waals surface area contributed by atoms with Crippen LogP contribution in [0.3, 0.4) is 0 Å². The maximum Gasteiger partial charge on any atom is 0.0435 e. The highest BCUT2D eigenvalue weighted by Crippen LogP contribution is 2.21. The normalized spacial score (nSPS) is 15.1. The van der Waals surface area contributed by atoms with Crippen molar-refractivity contribution >= 4 is 17.3 Å². The molecule has 3 rings (SSSR count). The van der Waals surface area contributed by atoms with Gasteiger partial charge in [0.2, 0.25) is 0 Å². The van der Waals surface area contributed by atoms with E-state index in [9.17, 15) is 0 Å². The number of hydrogen-bond donors (Lipinski definition) is 1. The summed E-state index contributed by atoms with van der Waals surface area (Å²) in [5, 5.41) is 4.37. The van der Waals surface area contributed by atoms with Crippen LogP contribution in [0.4, 0.5) is 5.69 Å². The number of aryl methyl sites for hydroxylation is 2. The van der Waals surface area contributed by atoms with Crippen LogP contribution in [0.1, 0.15) is 35.1 Å². The van der Waals surface area contributed by atoms with Crippen LogP contribution in [-0.2, 0) is 13.1 Å². The number of halogens is 1. The Morgan fingerprint density at radius 1 is 1.00 bits per heavy atom. The second-order valence-electron chi connectivity index (χ2n) is 6.56. The predicted octanol–water partition coefficient (Wildman–Crippen LogP) is 5.16. The molecule has 0 aromatic heterocycles. The predicted molar refractivity (Wildman–Crippen MR) is 99.2 cm³/mol. The average Bonchev–Trinajstić information content (AvgIpc) is 3.04. The zero-order valence-electron chi connectivity index (χ0n) is 14.0. The van der Waals surface area contributed by atoms with Gasteiger partial charge in [0.1, 0.15) is 0 Å². The third-order valence-electron chi connectivity index (χ3n) is 4.66. The molecule has 2 nitrogen and oxygen atoms in total. The highest BCUT2D eigenvalue weighted by molar-refractivity contribution is 6.31. The molecule has 0 aliphatic carbocycles. The lowest BCUT2D eigenvalue weighted by atomic mass is 10.1. The molecule has 2 aromatic rings. The van der Waals surface area contributed by atoms with Gasteiger partial charge < -0.3 is 5.32 Å². The molecule has 1 aliphatic heterocycles. The first-order valence-corrected chi connectivity index (χ1v) is 8.80. The highest BCUT2D eigenvalue weighted by Gasteiger charge is 2.13. The molecular formula is C20H25ClN2. The molecule has 0 spiro atoms. The summed E-state index contributed by atoms with van der Waals surface area (Å²) in [4.78, 5) is 2.55. The lowest BCUT2D eigenvalue weighted by Gasteiger charge is -2.17. The van der Waals surface area contributed by atoms with Gasteiger partial charge in [-0.3, -0.25) is 4.90 Å². The molecule has 0 bridgehead atoms. The van der Waals surface area contributed by atoms with Gasteiger partial charge in [-0.15, -0.1) is 0 Å². The van der Waals surface area contributed by atoms with Gasteiger partial charge in [0.25, 0.3) is 0 Å². The third kappa shape index (κ3) is 4.27. The van der Waals surface area contributed by atoms with E-state index >= 15 is 0 Å². The quantitative estimate of drug-likeness (QED) is 0.815. The van der Waals surface area contributed by atoms with Gasteiger partial charge in [0.05, 0.1) is 0 Å². The van der Waals surface area contributed by atoms with Crippen molar-refractivity contribution < 1.29 is 0 Å². The zero-order valence-corrected chi connectivity index (χ0v) is 14.8. The molecule has 1 fully saturated rings. The fraction of sp³-hybridized carbons (Fsp3) is 0.400. The van der Waals surface area contributed by atoms with Gasteiger partial charge >= 0.3 is 0 Å². The maximum atomic E-state index is 6.09. The molecule has 0 saturated carbocycles. The van der Waals surface area contributed by atoms with Crippen LogP contribution in [0.25, 0.3) is 0 Å². The number of likely N-dealkylation sites (tertiary alicyclic amines) is 1. The summed E-state index contributed by atoms with van der Waals surface area (Å²) in [5.74, 6) is 0. The molecule has 23 heavy (non-hydrogen) atoms. The third-order valence-corrected chi connectivity index (χ3v) is 5.08. The van der Waals surface area contributed by atoms with E-state index in [2.05, 4.69) is 47.5 Å². The van der Waals surface area contributed by atoms with E-state index in [4.69, 9.17) is 11.6 Å². The molecule has 0 amide bonds. The molecule has 0 radical (unpaired) electrons. The van der Waals surface area contributed by atoms with E-state index in [1.807, 2.05) is 13.0 Å². The van der Waals surface area contributed by atoms with Crippen LogP contribution < -0.4 is 5.32 Å². The Kier molecular flexibility index (Phi) is 5.24. The Bertz CT molecular complexity index is 675. The molecule has 2 aromatic carbocycles. The van der Waals surface area contributed by atoms with Crippen LogP contribution in [0.5, 0.6) is 0 Å². The molecule has 1 N–H and O–H groups in total. The van der Waals surface area contributed by atoms with E-state index in [1.165, 1.54) is 48.3 Å². The van der Waals surface area contributed by atoms with E-state index in [1.54, 1.807) is 0 Å². The Morgan fingerprint density at radius 3 is 2.52 bits per heavy atom. The largest absolute Gasteiger partial charge is 0.381 e. The van der Waals surface area contributed by atoms with Gasteiger partial charge in [-0.1, -0.05) is 29.8 Å². The summed E-state index contributed by atoms with van der Waals surface area (Å²) < 4.78 is 0. The second kappa shape index (κ2) is 7.37. The van der Waals surface area contributed by atoms with Crippen LogP contribution in [0, 0.1) is 13.8 Å². The van der Waals surface area contributed by atoms with Crippen LogP contribution in [-0.4, -0.2) is 18.0 Å². The van der Waals surface area contributed by atoms with E-state index in [-0.39, 0.29) is 0 Å². The number of benzene rings is 2. The number of rotatable bonds is 5. The van der Waals surface area contributed by atoms with Gasteiger partial charge in [0, 0.05) is 23.8 Å². The van der Waals surface area contributed by atoms with Crippen molar-refractivity contribution in [2.45, 2.75) is 39.8 Å². The van der Waals surface area contributed by atoms with Crippen molar-refractivity contribution in [2.75, 3.05) is 18.4 Å². The van der Waals surface area contributed by atoms with Gasteiger partial charge in [-0.2, -0.15) is 0 Å². The fourth-order valence-electron chi connectivity index (χ4n) is 3.15. The second-order valence-corrected chi connectivity index (χ2v) is 6.97. The van der Waals surface area contributed by atoms with Crippen molar-refractivity contribution in [3.8, 4) is 0 Å². The first-order valence-electron chi connectivity index (χ1n) is 8.42. The average molecular weight is 329 g/mol. The monoisotopic (exact) mass is 328 g/mol. The van der Waals surface area contributed by atoms with Crippen molar-refractivity contribution in [2.24, 2.45) is 0 Å². The standard InChI is InChI=1S/C20H25ClN2/c1-15-5-7-19(12-18(15)14-23-9-3-4-10-23)22-13-17-6-8-20(21)16(2)11-17/h5-8,11-12,22H,3-4,9-10,13-14H2,1-2H3. The molecule has 1 heterocycles. The van der Waals surface area contributed by atoms with E-state index in [0.29, 0.717) is 0 Å². The maximum absolute atomic E-state index is 6.09. The Hall–Kier alpha value is -1.51. The van der Waals surface area contributed by atoms with Gasteiger partial charge in [0.15, 0.2) is 0 Å². The Labute approximate surface area is 144 Å². The van der Waals surface area contributed by atoms with E-state index in [0.717, 1.165) is 23.7 Å². The number of nitrogens with one attached hydrogen (secondary N) is 1. The fourth-order valence-corrected chi connectivity index (χ4v) is 3.27. The minimum atomic E-state index is 0.824. The molecule has 1 saturated heterocycles. The van der Waals surface area contributed by atoms with Crippen molar-refractivity contribution in [3.05, 3.63) is 63.7 Å². The number of hydrogen-bond acceptors (Lipinski definition) is 2. The van der Waals surface area contributed by atoms with Crippen LogP contribution in [0.2, 0.25) is 5.02 Å². The topological polar surface area (TPSA) is 15.3 Å². The van der Waals surface area contributed by atoms with Crippen molar-refractivity contribution in [1.29, 1.82) is 0 Å². The first kappa shape index (κ1) is 16.4. The zero-order chi connectivity index (χ0) is 16.2. The molecule has 3 heteroatoms. The lowest BCUT2D eigenvalue weighted by molar-refractivity contribution is 0.331. The van der Waals surface area contributed by atoms with Crippen molar-refractivity contribution in [3.63, 3.8) is 0 Å². The molecular weight excluding hydrogens is 304 g/mol. The lowest BCUT2D eigenvalue weighted by Crippen LogP contribution is -2.19. The smallest absolute Gasteiger partial charge is 0.0435 e. The Balaban J connectivity index is 1.66. The van der Waals surface area contributed by atoms with Crippen LogP contribution in [0.15, 0.2) is 36.4 Å². The molecule has 122 valence electrons. The first-order chi connectivity index (χ1) is 11.1. The summed E-state index contributed by atoms with van der Waals surface area (Å²) in [6.07, 6.45) is 2.68. The number of anilines is 1. The summed E-state index contributed by atoms with van der Waals surface area (Å²) >= 11 is 6.09. The molecule has 0 atom stereocenters. The summed E-state index contributed by atoms with van der Waals surface area (Å²) in [5.41, 5.74) is 6.39. The van der Waals surface area contributed by atoms with Crippen molar-refractivity contribution in [1.82, 2.24) is 4.90 Å². The minimum absolute atomic E-state index is 0.824. The molecule has 0 unspecified atom stereocenters. The van der Waals surface area contributed by atoms with Gasteiger partial charge in [-0.05, 0) is 80.2 Å². The number of nitrogens with zero attached hydrogens (tertiary/aromatic N) is 1.